The van der Waals surface area contributed by atoms with E-state index in [0.717, 1.165) is 18.3 Å². The van der Waals surface area contributed by atoms with E-state index < -0.39 is 0 Å². The van der Waals surface area contributed by atoms with E-state index in [4.69, 9.17) is 3.57 Å². The minimum absolute atomic E-state index is 0. The van der Waals surface area contributed by atoms with E-state index >= 15 is 0 Å². The first kappa shape index (κ1) is 17.0. The van der Waals surface area contributed by atoms with Crippen molar-refractivity contribution in [1.82, 2.24) is 0 Å². The predicted molar refractivity (Wildman–Crippen MR) is 12.2 cm³/mol. The van der Waals surface area contributed by atoms with Gasteiger partial charge in [-0.1, -0.05) is 0 Å². The van der Waals surface area contributed by atoms with Gasteiger partial charge in [-0.05, 0) is 0 Å². The van der Waals surface area contributed by atoms with Gasteiger partial charge in [0.05, 0.1) is 0 Å². The zero-order chi connectivity index (χ0) is 2.00. The van der Waals surface area contributed by atoms with Crippen LogP contribution in [0.3, 0.4) is 0 Å². The third-order valence-electron chi connectivity index (χ3n) is 0. The van der Waals surface area contributed by atoms with Crippen LogP contribution in [0.1, 0.15) is 0 Å². The summed E-state index contributed by atoms with van der Waals surface area (Å²) < 4.78 is 8.18. The standard InChI is InChI=1S/Al.Bi.O.Ru. The molecular weight excluding hydrogens is 353 g/mol. The summed E-state index contributed by atoms with van der Waals surface area (Å²) in [6, 6.07) is 0. The second kappa shape index (κ2) is 21.1. The molecule has 0 aromatic carbocycles. The average Bonchev–Trinajstić information content (AvgIpc) is 1.00. The minimum atomic E-state index is 0. The fourth-order valence-corrected chi connectivity index (χ4v) is 0. The molecule has 0 rings (SSSR count). The van der Waals surface area contributed by atoms with Gasteiger partial charge in [-0.2, -0.15) is 0 Å². The van der Waals surface area contributed by atoms with Crippen LogP contribution in [0.15, 0.2) is 0 Å². The van der Waals surface area contributed by atoms with Gasteiger partial charge < -0.3 is 0 Å². The van der Waals surface area contributed by atoms with Gasteiger partial charge in [-0.3, -0.25) is 0 Å². The van der Waals surface area contributed by atoms with Crippen LogP contribution in [0.4, 0.5) is 0 Å². The summed E-state index contributed by atoms with van der Waals surface area (Å²) in [6.07, 6.45) is 0. The molecule has 0 fully saturated rings. The van der Waals surface area contributed by atoms with E-state index in [9.17, 15) is 0 Å². The maximum atomic E-state index is 8.18. The first-order valence-corrected chi connectivity index (χ1v) is 0.854. The molecule has 0 atom stereocenters. The topological polar surface area (TPSA) is 17.1 Å². The number of rotatable bonds is 0. The van der Waals surface area contributed by atoms with E-state index in [0.29, 0.717) is 0 Å². The Balaban J connectivity index is -0.00000000500. The molecule has 0 amide bonds. The van der Waals surface area contributed by atoms with Gasteiger partial charge >= 0.3 is 21.8 Å². The Hall–Kier alpha value is 1.84. The van der Waals surface area contributed by atoms with Gasteiger partial charge in [-0.25, -0.2) is 0 Å². The van der Waals surface area contributed by atoms with Gasteiger partial charge in [-0.15, -0.1) is 0 Å². The van der Waals surface area contributed by atoms with Gasteiger partial charge in [0.15, 0.2) is 0 Å². The van der Waals surface area contributed by atoms with Crippen molar-refractivity contribution < 1.29 is 21.8 Å². The van der Waals surface area contributed by atoms with Crippen molar-refractivity contribution in [3.05, 3.63) is 0 Å². The van der Waals surface area contributed by atoms with E-state index in [-0.39, 0.29) is 43.6 Å². The van der Waals surface area contributed by atoms with Crippen LogP contribution in [-0.2, 0) is 21.8 Å². The number of hydrogen-bond donors (Lipinski definition) is 0. The molecule has 0 spiro atoms. The third-order valence-corrected chi connectivity index (χ3v) is 0. The van der Waals surface area contributed by atoms with Crippen molar-refractivity contribution >= 4 is 43.6 Å². The van der Waals surface area contributed by atoms with Crippen molar-refractivity contribution in [3.63, 3.8) is 0 Å². The molecule has 6 radical (unpaired) electrons. The van der Waals surface area contributed by atoms with Crippen molar-refractivity contribution in [2.45, 2.75) is 0 Å². The molecule has 0 bridgehead atoms. The molecule has 1 nitrogen and oxygen atoms in total. The Morgan fingerprint density at radius 3 is 1.25 bits per heavy atom. The molecule has 0 saturated carbocycles. The van der Waals surface area contributed by atoms with Gasteiger partial charge in [0.1, 0.15) is 0 Å². The Kier molecular flexibility index (Phi) is 89.4. The van der Waals surface area contributed by atoms with Crippen LogP contribution in [0.5, 0.6) is 0 Å². The summed E-state index contributed by atoms with van der Waals surface area (Å²) in [5.74, 6) is 0. The van der Waals surface area contributed by atoms with Crippen LogP contribution in [0, 0.1) is 0 Å². The van der Waals surface area contributed by atoms with Crippen molar-refractivity contribution in [3.8, 4) is 0 Å². The Morgan fingerprint density at radius 2 is 1.25 bits per heavy atom. The molecular formula is AlBiORu. The van der Waals surface area contributed by atoms with Crippen LogP contribution in [0.25, 0.3) is 0 Å². The molecule has 0 aromatic heterocycles. The van der Waals surface area contributed by atoms with Crippen molar-refractivity contribution in [2.75, 3.05) is 0 Å². The summed E-state index contributed by atoms with van der Waals surface area (Å²) >= 11 is 1.10. The average molecular weight is 353 g/mol. The molecule has 22 valence electrons. The summed E-state index contributed by atoms with van der Waals surface area (Å²) in [4.78, 5) is 0. The summed E-state index contributed by atoms with van der Waals surface area (Å²) in [6.45, 7) is 0. The molecule has 0 heterocycles. The van der Waals surface area contributed by atoms with Crippen molar-refractivity contribution in [2.24, 2.45) is 0 Å². The molecule has 0 N–H and O–H groups in total. The van der Waals surface area contributed by atoms with Gasteiger partial charge in [0.2, 0.25) is 0 Å². The second-order valence-electron chi connectivity index (χ2n) is 0. The first-order chi connectivity index (χ1) is 1.00. The fraction of sp³-hybridized carbons (Fsp3) is 0. The van der Waals surface area contributed by atoms with Crippen molar-refractivity contribution in [1.29, 1.82) is 0 Å². The zero-order valence-electron chi connectivity index (χ0n) is 1.79. The van der Waals surface area contributed by atoms with E-state index in [1.165, 1.54) is 0 Å². The molecule has 4 heteroatoms. The molecule has 4 heavy (non-hydrogen) atoms. The predicted octanol–water partition coefficient (Wildman–Crippen LogP) is -0.883. The summed E-state index contributed by atoms with van der Waals surface area (Å²) in [5, 5.41) is 0. The normalized spacial score (nSPS) is 1.25. The Labute approximate surface area is 64.7 Å². The quantitative estimate of drug-likeness (QED) is 0.517. The molecule has 0 saturated heterocycles. The molecule has 0 aliphatic heterocycles. The van der Waals surface area contributed by atoms with Gasteiger partial charge in [0, 0.05) is 43.6 Å². The zero-order valence-corrected chi connectivity index (χ0v) is 8.16. The molecule has 0 aromatic rings. The van der Waals surface area contributed by atoms with E-state index in [1.54, 1.807) is 0 Å². The SMILES string of the molecule is [Al].[Bi].[O]=[Ru]. The van der Waals surface area contributed by atoms with E-state index in [1.807, 2.05) is 0 Å². The molecule has 0 aliphatic rings. The fourth-order valence-electron chi connectivity index (χ4n) is 0. The summed E-state index contributed by atoms with van der Waals surface area (Å²) in [5.41, 5.74) is 0. The van der Waals surface area contributed by atoms with Gasteiger partial charge in [0.25, 0.3) is 0 Å². The molecule has 0 unspecified atom stereocenters. The van der Waals surface area contributed by atoms with Crippen LogP contribution < -0.4 is 0 Å². The maximum absolute atomic E-state index is 8.18. The second-order valence-corrected chi connectivity index (χ2v) is 0. The number of hydrogen-bond acceptors (Lipinski definition) is 1. The first-order valence-electron chi connectivity index (χ1n) is 0.144. The van der Waals surface area contributed by atoms with Crippen LogP contribution in [0.2, 0.25) is 0 Å². The van der Waals surface area contributed by atoms with Crippen LogP contribution in [-0.4, -0.2) is 43.6 Å². The van der Waals surface area contributed by atoms with E-state index in [2.05, 4.69) is 0 Å². The monoisotopic (exact) mass is 354 g/mol. The Morgan fingerprint density at radius 1 is 1.25 bits per heavy atom. The summed E-state index contributed by atoms with van der Waals surface area (Å²) in [7, 11) is 0. The third kappa shape index (κ3) is 9.15. The van der Waals surface area contributed by atoms with Crippen LogP contribution >= 0.6 is 0 Å². The molecule has 0 aliphatic carbocycles. The Bertz CT molecular complexity index is 8.00.